The summed E-state index contributed by atoms with van der Waals surface area (Å²) in [5.41, 5.74) is 3.37. The second-order valence-electron chi connectivity index (χ2n) is 8.52. The minimum atomic E-state index is -1.34. The van der Waals surface area contributed by atoms with Crippen molar-refractivity contribution in [2.24, 2.45) is 5.92 Å². The van der Waals surface area contributed by atoms with E-state index in [2.05, 4.69) is 10.2 Å². The molecule has 8 nitrogen and oxygen atoms in total. The topological polar surface area (TPSA) is 96.8 Å². The Balaban J connectivity index is 1.52. The molecule has 4 rings (SSSR count). The molecule has 0 bridgehead atoms. The zero-order valence-corrected chi connectivity index (χ0v) is 20.3. The lowest BCUT2D eigenvalue weighted by atomic mass is 9.99. The second-order valence-corrected chi connectivity index (χ2v) is 8.91. The average Bonchev–Trinajstić information content (AvgIpc) is 2.86. The lowest BCUT2D eigenvalue weighted by Crippen LogP contribution is -2.57. The molecule has 0 unspecified atom stereocenters. The molecule has 2 fully saturated rings. The lowest BCUT2D eigenvalue weighted by Gasteiger charge is -2.36. The number of anilines is 2. The Labute approximate surface area is 209 Å². The SMILES string of the molecule is Cc1ccc(N2C(=O)[C@H](/C=C(\C#N)C(=O)N3CCN(c4ccccc4)CC3)C(=O)NC2=S)cc1C. The number of hydrogen-bond donors (Lipinski definition) is 1. The van der Waals surface area contributed by atoms with Gasteiger partial charge in [0.1, 0.15) is 17.6 Å². The zero-order chi connectivity index (χ0) is 25.1. The van der Waals surface area contributed by atoms with Gasteiger partial charge in [0.15, 0.2) is 5.11 Å². The van der Waals surface area contributed by atoms with Crippen molar-refractivity contribution in [1.82, 2.24) is 10.2 Å². The number of piperazine rings is 1. The summed E-state index contributed by atoms with van der Waals surface area (Å²) < 4.78 is 0. The molecule has 178 valence electrons. The van der Waals surface area contributed by atoms with E-state index in [9.17, 15) is 19.6 Å². The van der Waals surface area contributed by atoms with Crippen molar-refractivity contribution in [2.75, 3.05) is 36.0 Å². The number of nitrogens with zero attached hydrogens (tertiary/aromatic N) is 4. The first kappa shape index (κ1) is 24.1. The predicted octanol–water partition coefficient (Wildman–Crippen LogP) is 2.47. The number of carbonyl (C=O) groups excluding carboxylic acids is 3. The van der Waals surface area contributed by atoms with Crippen LogP contribution in [0.3, 0.4) is 0 Å². The molecule has 2 heterocycles. The van der Waals surface area contributed by atoms with Gasteiger partial charge in [0.2, 0.25) is 11.8 Å². The van der Waals surface area contributed by atoms with E-state index in [1.165, 1.54) is 4.90 Å². The lowest BCUT2D eigenvalue weighted by molar-refractivity contribution is -0.131. The van der Waals surface area contributed by atoms with Crippen molar-refractivity contribution >= 4 is 46.4 Å². The first-order valence-corrected chi connectivity index (χ1v) is 11.7. The van der Waals surface area contributed by atoms with Crippen molar-refractivity contribution in [3.05, 3.63) is 71.3 Å². The molecule has 2 saturated heterocycles. The third-order valence-electron chi connectivity index (χ3n) is 6.32. The van der Waals surface area contributed by atoms with Crippen LogP contribution in [0.1, 0.15) is 11.1 Å². The van der Waals surface area contributed by atoms with Crippen LogP contribution in [0.5, 0.6) is 0 Å². The van der Waals surface area contributed by atoms with Gasteiger partial charge >= 0.3 is 0 Å². The summed E-state index contributed by atoms with van der Waals surface area (Å²) in [6.07, 6.45) is 1.15. The van der Waals surface area contributed by atoms with Gasteiger partial charge in [-0.3, -0.25) is 19.3 Å². The van der Waals surface area contributed by atoms with E-state index in [4.69, 9.17) is 12.2 Å². The van der Waals surface area contributed by atoms with Gasteiger partial charge in [0, 0.05) is 31.9 Å². The van der Waals surface area contributed by atoms with Crippen LogP contribution in [0.25, 0.3) is 0 Å². The Morgan fingerprint density at radius 3 is 2.34 bits per heavy atom. The zero-order valence-electron chi connectivity index (χ0n) is 19.5. The van der Waals surface area contributed by atoms with E-state index >= 15 is 0 Å². The predicted molar refractivity (Wildman–Crippen MR) is 137 cm³/mol. The summed E-state index contributed by atoms with van der Waals surface area (Å²) in [6, 6.07) is 17.2. The van der Waals surface area contributed by atoms with Gasteiger partial charge in [-0.2, -0.15) is 5.26 Å². The number of para-hydroxylation sites is 1. The fourth-order valence-electron chi connectivity index (χ4n) is 4.15. The Kier molecular flexibility index (Phi) is 6.94. The van der Waals surface area contributed by atoms with Gasteiger partial charge in [0.25, 0.3) is 5.91 Å². The molecule has 1 N–H and O–H groups in total. The quantitative estimate of drug-likeness (QED) is 0.308. The van der Waals surface area contributed by atoms with Crippen molar-refractivity contribution in [1.29, 1.82) is 5.26 Å². The van der Waals surface area contributed by atoms with Crippen molar-refractivity contribution < 1.29 is 14.4 Å². The normalized spacial score (nSPS) is 18.9. The smallest absolute Gasteiger partial charge is 0.264 e. The van der Waals surface area contributed by atoms with Gasteiger partial charge < -0.3 is 15.1 Å². The number of amides is 3. The van der Waals surface area contributed by atoms with E-state index in [1.807, 2.05) is 56.3 Å². The highest BCUT2D eigenvalue weighted by molar-refractivity contribution is 7.80. The highest BCUT2D eigenvalue weighted by Crippen LogP contribution is 2.25. The summed E-state index contributed by atoms with van der Waals surface area (Å²) in [5, 5.41) is 12.2. The maximum Gasteiger partial charge on any atom is 0.264 e. The van der Waals surface area contributed by atoms with Gasteiger partial charge in [-0.15, -0.1) is 0 Å². The summed E-state index contributed by atoms with van der Waals surface area (Å²) in [5.74, 6) is -3.09. The Bertz CT molecular complexity index is 1260. The van der Waals surface area contributed by atoms with Crippen LogP contribution in [0.2, 0.25) is 0 Å². The molecular weight excluding hydrogens is 462 g/mol. The maximum atomic E-state index is 13.3. The minimum absolute atomic E-state index is 0.0326. The number of thiocarbonyl (C=S) groups is 1. The third-order valence-corrected chi connectivity index (χ3v) is 6.61. The first-order chi connectivity index (χ1) is 16.8. The van der Waals surface area contributed by atoms with E-state index in [1.54, 1.807) is 17.0 Å². The van der Waals surface area contributed by atoms with Crippen molar-refractivity contribution in [3.63, 3.8) is 0 Å². The fourth-order valence-corrected chi connectivity index (χ4v) is 4.44. The molecule has 0 radical (unpaired) electrons. The summed E-state index contributed by atoms with van der Waals surface area (Å²) in [7, 11) is 0. The number of benzene rings is 2. The van der Waals surface area contributed by atoms with Crippen LogP contribution < -0.4 is 15.1 Å². The molecule has 35 heavy (non-hydrogen) atoms. The average molecular weight is 488 g/mol. The van der Waals surface area contributed by atoms with E-state index in [0.29, 0.717) is 31.9 Å². The van der Waals surface area contributed by atoms with Crippen LogP contribution in [0, 0.1) is 31.1 Å². The number of carbonyl (C=O) groups is 3. The number of hydrogen-bond acceptors (Lipinski definition) is 6. The molecule has 0 saturated carbocycles. The number of nitrogens with one attached hydrogen (secondary N) is 1. The standard InChI is InChI=1S/C26H25N5O3S/c1-17-8-9-21(14-18(17)2)31-25(34)22(23(32)28-26(31)35)15-19(16-27)24(33)30-12-10-29(11-13-30)20-6-4-3-5-7-20/h3-9,14-15,22H,10-13H2,1-2H3,(H,28,32,35)/b19-15+/t22-/m1/s1. The highest BCUT2D eigenvalue weighted by Gasteiger charge is 2.39. The molecule has 3 amide bonds. The Hall–Kier alpha value is -4.03. The summed E-state index contributed by atoms with van der Waals surface area (Å²) >= 11 is 5.25. The molecule has 0 aliphatic carbocycles. The fraction of sp³-hybridized carbons (Fsp3) is 0.269. The first-order valence-electron chi connectivity index (χ1n) is 11.3. The second kappa shape index (κ2) is 10.1. The summed E-state index contributed by atoms with van der Waals surface area (Å²) in [6.45, 7) is 5.95. The molecule has 0 spiro atoms. The number of rotatable bonds is 4. The molecule has 9 heteroatoms. The van der Waals surface area contributed by atoms with E-state index in [0.717, 1.165) is 22.9 Å². The molecule has 1 atom stereocenters. The molecular formula is C26H25N5O3S. The largest absolute Gasteiger partial charge is 0.368 e. The highest BCUT2D eigenvalue weighted by atomic mass is 32.1. The van der Waals surface area contributed by atoms with Gasteiger partial charge in [-0.1, -0.05) is 24.3 Å². The van der Waals surface area contributed by atoms with Crippen LogP contribution in [0.15, 0.2) is 60.2 Å². The number of nitriles is 1. The molecule has 2 aromatic rings. The van der Waals surface area contributed by atoms with Crippen LogP contribution >= 0.6 is 12.2 Å². The van der Waals surface area contributed by atoms with E-state index in [-0.39, 0.29) is 10.7 Å². The van der Waals surface area contributed by atoms with Crippen molar-refractivity contribution in [3.8, 4) is 6.07 Å². The minimum Gasteiger partial charge on any atom is -0.368 e. The molecule has 2 aromatic carbocycles. The van der Waals surface area contributed by atoms with Crippen LogP contribution in [-0.2, 0) is 14.4 Å². The van der Waals surface area contributed by atoms with Gasteiger partial charge in [-0.25, -0.2) is 0 Å². The Morgan fingerprint density at radius 1 is 1.03 bits per heavy atom. The Morgan fingerprint density at radius 2 is 1.71 bits per heavy atom. The maximum absolute atomic E-state index is 13.3. The monoisotopic (exact) mass is 487 g/mol. The molecule has 2 aliphatic heterocycles. The van der Waals surface area contributed by atoms with Gasteiger partial charge in [0.05, 0.1) is 5.69 Å². The third kappa shape index (κ3) is 4.93. The van der Waals surface area contributed by atoms with Crippen LogP contribution in [0.4, 0.5) is 11.4 Å². The van der Waals surface area contributed by atoms with E-state index < -0.39 is 23.6 Å². The molecule has 0 aromatic heterocycles. The van der Waals surface area contributed by atoms with Crippen LogP contribution in [-0.4, -0.2) is 53.9 Å². The van der Waals surface area contributed by atoms with Crippen molar-refractivity contribution in [2.45, 2.75) is 13.8 Å². The summed E-state index contributed by atoms with van der Waals surface area (Å²) in [4.78, 5) is 44.0. The van der Waals surface area contributed by atoms with Gasteiger partial charge in [-0.05, 0) is 67.5 Å². The number of aryl methyl sites for hydroxylation is 2. The molecule has 2 aliphatic rings.